The van der Waals surface area contributed by atoms with Crippen molar-refractivity contribution in [2.75, 3.05) is 0 Å². The number of nitrogens with one attached hydrogen (secondary N) is 1. The number of nitro groups is 1. The zero-order valence-electron chi connectivity index (χ0n) is 12.9. The Labute approximate surface area is 145 Å². The van der Waals surface area contributed by atoms with Gasteiger partial charge in [-0.15, -0.1) is 0 Å². The van der Waals surface area contributed by atoms with Gasteiger partial charge in [-0.2, -0.15) is 10.2 Å². The van der Waals surface area contributed by atoms with Crippen LogP contribution in [0.25, 0.3) is 0 Å². The summed E-state index contributed by atoms with van der Waals surface area (Å²) < 4.78 is 2.00. The molecule has 0 spiro atoms. The molecule has 1 heterocycles. The first-order valence-electron chi connectivity index (χ1n) is 6.78. The van der Waals surface area contributed by atoms with Gasteiger partial charge in [0.1, 0.15) is 23.7 Å². The summed E-state index contributed by atoms with van der Waals surface area (Å²) in [5, 5.41) is 28.3. The van der Waals surface area contributed by atoms with E-state index in [0.717, 1.165) is 4.47 Å². The van der Waals surface area contributed by atoms with E-state index in [4.69, 9.17) is 0 Å². The minimum Gasteiger partial charge on any atom is -0.507 e. The lowest BCUT2D eigenvalue weighted by Crippen LogP contribution is -2.24. The van der Waals surface area contributed by atoms with E-state index < -0.39 is 10.8 Å². The molecule has 0 saturated heterocycles. The summed E-state index contributed by atoms with van der Waals surface area (Å²) in [7, 11) is 0. The number of hydrazone groups is 1. The molecular weight excluding hydrogens is 382 g/mol. The van der Waals surface area contributed by atoms with Gasteiger partial charge in [-0.1, -0.05) is 15.9 Å². The molecule has 9 nitrogen and oxygen atoms in total. The third-order valence-electron chi connectivity index (χ3n) is 3.20. The Balaban J connectivity index is 2.04. The average Bonchev–Trinajstić information content (AvgIpc) is 2.77. The highest BCUT2D eigenvalue weighted by molar-refractivity contribution is 9.10. The van der Waals surface area contributed by atoms with E-state index in [1.807, 2.05) is 0 Å². The van der Waals surface area contributed by atoms with Crippen molar-refractivity contribution in [2.24, 2.45) is 5.10 Å². The predicted molar refractivity (Wildman–Crippen MR) is 89.9 cm³/mol. The molecule has 0 unspecified atom stereocenters. The first-order chi connectivity index (χ1) is 11.3. The van der Waals surface area contributed by atoms with Crippen LogP contribution in [-0.4, -0.2) is 31.9 Å². The summed E-state index contributed by atoms with van der Waals surface area (Å²) in [6.45, 7) is 2.82. The molecule has 24 heavy (non-hydrogen) atoms. The van der Waals surface area contributed by atoms with E-state index in [0.29, 0.717) is 11.3 Å². The molecule has 1 amide bonds. The van der Waals surface area contributed by atoms with Crippen LogP contribution >= 0.6 is 15.9 Å². The quantitative estimate of drug-likeness (QED) is 0.455. The molecule has 0 saturated carbocycles. The van der Waals surface area contributed by atoms with Crippen molar-refractivity contribution in [1.82, 2.24) is 15.2 Å². The molecule has 0 aliphatic rings. The van der Waals surface area contributed by atoms with Crippen LogP contribution in [-0.2, 0) is 11.3 Å². The van der Waals surface area contributed by atoms with Crippen LogP contribution in [0.15, 0.2) is 27.8 Å². The summed E-state index contributed by atoms with van der Waals surface area (Å²) >= 11 is 3.26. The summed E-state index contributed by atoms with van der Waals surface area (Å²) in [4.78, 5) is 22.3. The molecule has 2 aromatic rings. The van der Waals surface area contributed by atoms with Crippen LogP contribution in [0.2, 0.25) is 0 Å². The minimum absolute atomic E-state index is 0.0189. The van der Waals surface area contributed by atoms with Crippen LogP contribution in [0.1, 0.15) is 17.0 Å². The lowest BCUT2D eigenvalue weighted by molar-refractivity contribution is -0.386. The highest BCUT2D eigenvalue weighted by Gasteiger charge is 2.22. The third-order valence-corrected chi connectivity index (χ3v) is 3.69. The standard InChI is InChI=1S/C14H14BrN5O4/c1-8-14(20(23)24)9(2)19(18-8)7-13(22)17-16-6-10-5-11(15)3-4-12(10)21/h3-6,21H,7H2,1-2H3,(H,17,22)/b16-6+. The van der Waals surface area contributed by atoms with Crippen molar-refractivity contribution in [3.05, 3.63) is 49.7 Å². The number of hydrogen-bond donors (Lipinski definition) is 2. The van der Waals surface area contributed by atoms with Crippen LogP contribution in [0, 0.1) is 24.0 Å². The van der Waals surface area contributed by atoms with Crippen molar-refractivity contribution >= 4 is 33.7 Å². The largest absolute Gasteiger partial charge is 0.507 e. The molecule has 0 atom stereocenters. The van der Waals surface area contributed by atoms with Crippen molar-refractivity contribution in [1.29, 1.82) is 0 Å². The number of benzene rings is 1. The van der Waals surface area contributed by atoms with Gasteiger partial charge < -0.3 is 5.11 Å². The second kappa shape index (κ2) is 7.21. The van der Waals surface area contributed by atoms with Gasteiger partial charge in [-0.05, 0) is 32.0 Å². The van der Waals surface area contributed by atoms with Crippen molar-refractivity contribution < 1.29 is 14.8 Å². The van der Waals surface area contributed by atoms with Crippen LogP contribution < -0.4 is 5.43 Å². The number of nitrogens with zero attached hydrogens (tertiary/aromatic N) is 4. The second-order valence-corrected chi connectivity index (χ2v) is 5.85. The number of carbonyl (C=O) groups excluding carboxylic acids is 1. The van der Waals surface area contributed by atoms with Gasteiger partial charge in [0.25, 0.3) is 5.91 Å². The molecule has 126 valence electrons. The predicted octanol–water partition coefficient (Wildman–Crippen LogP) is 2.03. The molecule has 2 N–H and O–H groups in total. The monoisotopic (exact) mass is 395 g/mol. The molecule has 1 aromatic heterocycles. The Morgan fingerprint density at radius 3 is 2.88 bits per heavy atom. The van der Waals surface area contributed by atoms with E-state index in [2.05, 4.69) is 31.6 Å². The maximum absolute atomic E-state index is 11.9. The molecular formula is C14H14BrN5O4. The zero-order chi connectivity index (χ0) is 17.9. The number of aromatic nitrogens is 2. The lowest BCUT2D eigenvalue weighted by Gasteiger charge is -2.03. The molecule has 10 heteroatoms. The number of phenolic OH excluding ortho intramolecular Hbond substituents is 1. The highest BCUT2D eigenvalue weighted by Crippen LogP contribution is 2.21. The number of carbonyl (C=O) groups is 1. The van der Waals surface area contributed by atoms with Gasteiger partial charge in [0.2, 0.25) is 0 Å². The van der Waals surface area contributed by atoms with Gasteiger partial charge in [-0.3, -0.25) is 19.6 Å². The van der Waals surface area contributed by atoms with E-state index in [-0.39, 0.29) is 23.7 Å². The molecule has 0 radical (unpaired) electrons. The second-order valence-electron chi connectivity index (χ2n) is 4.93. The number of phenols is 1. The van der Waals surface area contributed by atoms with Crippen molar-refractivity contribution in [2.45, 2.75) is 20.4 Å². The van der Waals surface area contributed by atoms with Crippen molar-refractivity contribution in [3.8, 4) is 5.75 Å². The molecule has 1 aromatic carbocycles. The lowest BCUT2D eigenvalue weighted by atomic mass is 10.2. The molecule has 0 fully saturated rings. The highest BCUT2D eigenvalue weighted by atomic mass is 79.9. The van der Waals surface area contributed by atoms with E-state index in [1.165, 1.54) is 30.8 Å². The van der Waals surface area contributed by atoms with Gasteiger partial charge in [0.05, 0.1) is 11.1 Å². The first kappa shape index (κ1) is 17.6. The summed E-state index contributed by atoms with van der Waals surface area (Å²) in [5.41, 5.74) is 3.14. The maximum Gasteiger partial charge on any atom is 0.312 e. The summed E-state index contributed by atoms with van der Waals surface area (Å²) in [6.07, 6.45) is 1.29. The number of rotatable bonds is 5. The SMILES string of the molecule is Cc1nn(CC(=O)N/N=C/c2cc(Br)ccc2O)c(C)c1[N+](=O)[O-]. The normalized spacial score (nSPS) is 11.0. The van der Waals surface area contributed by atoms with E-state index >= 15 is 0 Å². The van der Waals surface area contributed by atoms with E-state index in [1.54, 1.807) is 12.1 Å². The Bertz CT molecular complexity index is 831. The Kier molecular flexibility index (Phi) is 5.29. The summed E-state index contributed by atoms with van der Waals surface area (Å²) in [6, 6.07) is 4.79. The third kappa shape index (κ3) is 3.96. The average molecular weight is 396 g/mol. The van der Waals surface area contributed by atoms with Crippen LogP contribution in [0.4, 0.5) is 5.69 Å². The van der Waals surface area contributed by atoms with Gasteiger partial charge in [0.15, 0.2) is 0 Å². The van der Waals surface area contributed by atoms with Gasteiger partial charge >= 0.3 is 5.69 Å². The first-order valence-corrected chi connectivity index (χ1v) is 7.57. The fraction of sp³-hybridized carbons (Fsp3) is 0.214. The summed E-state index contributed by atoms with van der Waals surface area (Å²) in [5.74, 6) is -0.480. The fourth-order valence-electron chi connectivity index (χ4n) is 2.08. The number of amides is 1. The molecule has 0 bridgehead atoms. The number of halogens is 1. The molecule has 0 aliphatic heterocycles. The smallest absolute Gasteiger partial charge is 0.312 e. The van der Waals surface area contributed by atoms with E-state index in [9.17, 15) is 20.0 Å². The number of aryl methyl sites for hydroxylation is 1. The number of aromatic hydroxyl groups is 1. The van der Waals surface area contributed by atoms with Crippen molar-refractivity contribution in [3.63, 3.8) is 0 Å². The fourth-order valence-corrected chi connectivity index (χ4v) is 2.46. The topological polar surface area (TPSA) is 123 Å². The number of hydrogen-bond acceptors (Lipinski definition) is 6. The van der Waals surface area contributed by atoms with Gasteiger partial charge in [0, 0.05) is 10.0 Å². The Morgan fingerprint density at radius 1 is 1.54 bits per heavy atom. The zero-order valence-corrected chi connectivity index (χ0v) is 14.4. The Morgan fingerprint density at radius 2 is 2.25 bits per heavy atom. The van der Waals surface area contributed by atoms with Crippen LogP contribution in [0.5, 0.6) is 5.75 Å². The molecule has 2 rings (SSSR count). The molecule has 0 aliphatic carbocycles. The maximum atomic E-state index is 11.9. The van der Waals surface area contributed by atoms with Crippen LogP contribution in [0.3, 0.4) is 0 Å². The minimum atomic E-state index is -0.528. The van der Waals surface area contributed by atoms with Gasteiger partial charge in [-0.25, -0.2) is 5.43 Å². The Hall–Kier alpha value is -2.75.